The highest BCUT2D eigenvalue weighted by atomic mass is 32.1. The minimum absolute atomic E-state index is 0.0794. The van der Waals surface area contributed by atoms with Gasteiger partial charge in [0.1, 0.15) is 5.82 Å². The van der Waals surface area contributed by atoms with E-state index in [1.807, 2.05) is 45.9 Å². The Morgan fingerprint density at radius 2 is 1.79 bits per heavy atom. The van der Waals surface area contributed by atoms with Crippen molar-refractivity contribution in [3.05, 3.63) is 96.4 Å². The van der Waals surface area contributed by atoms with Crippen LogP contribution in [0.1, 0.15) is 48.0 Å². The Morgan fingerprint density at radius 1 is 1.09 bits per heavy atom. The molecule has 0 aliphatic carbocycles. The van der Waals surface area contributed by atoms with Crippen molar-refractivity contribution in [2.75, 3.05) is 0 Å². The lowest BCUT2D eigenvalue weighted by Crippen LogP contribution is -2.22. The second-order valence-electron chi connectivity index (χ2n) is 8.87. The number of thiazole rings is 1. The van der Waals surface area contributed by atoms with E-state index in [0.717, 1.165) is 11.1 Å². The maximum absolute atomic E-state index is 13.3. The number of hydrogen-bond donors (Lipinski definition) is 1. The summed E-state index contributed by atoms with van der Waals surface area (Å²) in [4.78, 5) is 41.0. The largest absolute Gasteiger partial charge is 0.313 e. The maximum atomic E-state index is 13.3. The van der Waals surface area contributed by atoms with Gasteiger partial charge in [0.2, 0.25) is 5.78 Å². The minimum Gasteiger partial charge on any atom is -0.313 e. The van der Waals surface area contributed by atoms with E-state index in [4.69, 9.17) is 0 Å². The molecule has 0 fully saturated rings. The number of pyridine rings is 1. The number of Topliss-reactive ketones (excluding diaryl/α,β-unsaturated/α-hetero) is 1. The number of halogens is 1. The number of nitrogens with one attached hydrogen (secondary N) is 1. The van der Waals surface area contributed by atoms with Crippen LogP contribution < -0.4 is 14.8 Å². The molecule has 1 aromatic carbocycles. The van der Waals surface area contributed by atoms with E-state index < -0.39 is 11.2 Å². The molecule has 3 heterocycles. The van der Waals surface area contributed by atoms with Gasteiger partial charge >= 0.3 is 0 Å². The Balaban J connectivity index is 1.90. The number of nitrogens with zero attached hydrogens (tertiary/aromatic N) is 1. The summed E-state index contributed by atoms with van der Waals surface area (Å²) in [6.07, 6.45) is 4.99. The topological polar surface area (TPSA) is 71.4 Å². The van der Waals surface area contributed by atoms with Crippen molar-refractivity contribution >= 4 is 40.6 Å². The van der Waals surface area contributed by atoms with Crippen molar-refractivity contribution in [1.82, 2.24) is 9.38 Å². The zero-order chi connectivity index (χ0) is 23.9. The lowest BCUT2D eigenvalue weighted by molar-refractivity contribution is -0.119. The van der Waals surface area contributed by atoms with Crippen LogP contribution in [0.25, 0.3) is 17.7 Å². The summed E-state index contributed by atoms with van der Waals surface area (Å²) >= 11 is 1.20. The first-order valence-electron chi connectivity index (χ1n) is 10.4. The van der Waals surface area contributed by atoms with E-state index in [1.165, 1.54) is 41.7 Å². The lowest BCUT2D eigenvalue weighted by atomic mass is 9.91. The van der Waals surface area contributed by atoms with Crippen molar-refractivity contribution in [2.24, 2.45) is 5.41 Å². The molecule has 5 nitrogen and oxygen atoms in total. The standard InChI is InChI=1S/C26H23FN2O3S/c1-15-18(13-20-25(32)28-22(33-20)14-21(30)26(2,3)4)19-7-5-6-12-29(19)23(15)24(31)16-8-10-17(27)11-9-16/h5-14H,1-4H3,(H,28,32). The van der Waals surface area contributed by atoms with Crippen LogP contribution >= 0.6 is 11.3 Å². The maximum Gasteiger partial charge on any atom is 0.266 e. The first-order valence-corrected chi connectivity index (χ1v) is 11.2. The molecule has 168 valence electrons. The number of carbonyl (C=O) groups excluding carboxylic acids is 2. The molecule has 1 N–H and O–H groups in total. The first-order chi connectivity index (χ1) is 15.6. The zero-order valence-corrected chi connectivity index (χ0v) is 19.5. The molecule has 3 aromatic heterocycles. The van der Waals surface area contributed by atoms with Gasteiger partial charge in [-0.05, 0) is 55.0 Å². The summed E-state index contributed by atoms with van der Waals surface area (Å²) < 4.78 is 16.0. The summed E-state index contributed by atoms with van der Waals surface area (Å²) in [5.74, 6) is -0.728. The molecule has 0 aliphatic rings. The second kappa shape index (κ2) is 8.41. The van der Waals surface area contributed by atoms with Crippen LogP contribution in [0.2, 0.25) is 0 Å². The van der Waals surface area contributed by atoms with Gasteiger partial charge in [0.05, 0.1) is 20.4 Å². The Hall–Kier alpha value is -3.58. The van der Waals surface area contributed by atoms with Gasteiger partial charge in [0.25, 0.3) is 5.56 Å². The molecule has 7 heteroatoms. The fourth-order valence-corrected chi connectivity index (χ4v) is 4.42. The molecule has 0 saturated heterocycles. The monoisotopic (exact) mass is 462 g/mol. The van der Waals surface area contributed by atoms with Crippen LogP contribution in [-0.2, 0) is 4.79 Å². The van der Waals surface area contributed by atoms with Crippen LogP contribution in [0.15, 0.2) is 53.5 Å². The van der Waals surface area contributed by atoms with Gasteiger partial charge in [-0.2, -0.15) is 0 Å². The summed E-state index contributed by atoms with van der Waals surface area (Å²) in [6.45, 7) is 7.29. The number of aromatic nitrogens is 2. The van der Waals surface area contributed by atoms with E-state index in [9.17, 15) is 18.8 Å². The number of carbonyl (C=O) groups is 2. The molecule has 4 aromatic rings. The highest BCUT2D eigenvalue weighted by Crippen LogP contribution is 2.26. The Bertz CT molecular complexity index is 1560. The lowest BCUT2D eigenvalue weighted by Gasteiger charge is -2.12. The summed E-state index contributed by atoms with van der Waals surface area (Å²) in [5, 5.41) is 0. The van der Waals surface area contributed by atoms with E-state index in [2.05, 4.69) is 4.98 Å². The predicted molar refractivity (Wildman–Crippen MR) is 129 cm³/mol. The molecule has 0 radical (unpaired) electrons. The highest BCUT2D eigenvalue weighted by Gasteiger charge is 2.21. The van der Waals surface area contributed by atoms with Crippen molar-refractivity contribution in [2.45, 2.75) is 27.7 Å². The number of hydrogen-bond acceptors (Lipinski definition) is 4. The van der Waals surface area contributed by atoms with Gasteiger partial charge in [-0.3, -0.25) is 14.4 Å². The molecule has 33 heavy (non-hydrogen) atoms. The number of fused-ring (bicyclic) bond motifs is 1. The molecule has 0 amide bonds. The average molecular weight is 463 g/mol. The Kier molecular flexibility index (Phi) is 5.76. The van der Waals surface area contributed by atoms with Gasteiger partial charge in [0.15, 0.2) is 5.78 Å². The van der Waals surface area contributed by atoms with E-state index in [-0.39, 0.29) is 17.1 Å². The van der Waals surface area contributed by atoms with Crippen LogP contribution in [0.5, 0.6) is 0 Å². The van der Waals surface area contributed by atoms with Crippen molar-refractivity contribution in [3.63, 3.8) is 0 Å². The van der Waals surface area contributed by atoms with Crippen LogP contribution in [0, 0.1) is 18.2 Å². The molecule has 0 saturated carbocycles. The number of aromatic amines is 1. The average Bonchev–Trinajstić information content (AvgIpc) is 3.24. The highest BCUT2D eigenvalue weighted by molar-refractivity contribution is 7.07. The van der Waals surface area contributed by atoms with E-state index in [0.29, 0.717) is 26.0 Å². The van der Waals surface area contributed by atoms with Gasteiger partial charge in [-0.1, -0.05) is 26.8 Å². The summed E-state index contributed by atoms with van der Waals surface area (Å²) in [5.41, 5.74) is 2.20. The SMILES string of the molecule is Cc1c(C=c2sc(=CC(=O)C(C)(C)C)[nH]c2=O)c2ccccn2c1C(=O)c1ccc(F)cc1. The first kappa shape index (κ1) is 22.6. The third-order valence-corrected chi connectivity index (χ3v) is 6.38. The number of H-pyrrole nitrogens is 1. The molecule has 0 bridgehead atoms. The molecule has 0 unspecified atom stereocenters. The fraction of sp³-hybridized carbons (Fsp3) is 0.192. The normalized spacial score (nSPS) is 13.1. The molecular formula is C26H23FN2O3S. The number of ketones is 2. The van der Waals surface area contributed by atoms with Crippen molar-refractivity contribution < 1.29 is 14.0 Å². The molecule has 4 rings (SSSR count). The second-order valence-corrected chi connectivity index (χ2v) is 9.95. The smallest absolute Gasteiger partial charge is 0.266 e. The Labute approximate surface area is 193 Å². The van der Waals surface area contributed by atoms with Gasteiger partial charge in [0, 0.05) is 28.8 Å². The van der Waals surface area contributed by atoms with Crippen LogP contribution in [-0.4, -0.2) is 21.0 Å². The van der Waals surface area contributed by atoms with Crippen molar-refractivity contribution in [3.8, 4) is 0 Å². The molecular weight excluding hydrogens is 439 g/mol. The van der Waals surface area contributed by atoms with Crippen molar-refractivity contribution in [1.29, 1.82) is 0 Å². The third kappa shape index (κ3) is 4.36. The molecule has 0 aliphatic heterocycles. The van der Waals surface area contributed by atoms with E-state index >= 15 is 0 Å². The zero-order valence-electron chi connectivity index (χ0n) is 18.7. The minimum atomic E-state index is -0.546. The van der Waals surface area contributed by atoms with E-state index in [1.54, 1.807) is 16.7 Å². The summed E-state index contributed by atoms with van der Waals surface area (Å²) in [6, 6.07) is 11.0. The van der Waals surface area contributed by atoms with Gasteiger partial charge < -0.3 is 9.38 Å². The third-order valence-electron chi connectivity index (χ3n) is 5.41. The Morgan fingerprint density at radius 3 is 2.45 bits per heavy atom. The van der Waals surface area contributed by atoms with Crippen LogP contribution in [0.3, 0.4) is 0 Å². The molecule has 0 spiro atoms. The molecule has 0 atom stereocenters. The number of rotatable bonds is 4. The summed E-state index contributed by atoms with van der Waals surface area (Å²) in [7, 11) is 0. The van der Waals surface area contributed by atoms with Gasteiger partial charge in [-0.25, -0.2) is 4.39 Å². The number of benzene rings is 1. The van der Waals surface area contributed by atoms with Crippen LogP contribution in [0.4, 0.5) is 4.39 Å². The quantitative estimate of drug-likeness (QED) is 0.471. The predicted octanol–water partition coefficient (Wildman–Crippen LogP) is 3.59. The fourth-order valence-electron chi connectivity index (χ4n) is 3.55. The van der Waals surface area contributed by atoms with Gasteiger partial charge in [-0.15, -0.1) is 11.3 Å².